The molecule has 3 heterocycles. The van der Waals surface area contributed by atoms with Crippen LogP contribution in [0.15, 0.2) is 39.9 Å². The Morgan fingerprint density at radius 1 is 1.35 bits per heavy atom. The lowest BCUT2D eigenvalue weighted by Gasteiger charge is -2.49. The highest BCUT2D eigenvalue weighted by Gasteiger charge is 2.54. The van der Waals surface area contributed by atoms with Crippen LogP contribution in [0.4, 0.5) is 0 Å². The first-order valence-corrected chi connectivity index (χ1v) is 11.9. The molecule has 0 saturated carbocycles. The van der Waals surface area contributed by atoms with Crippen molar-refractivity contribution in [2.24, 2.45) is 0 Å². The minimum absolute atomic E-state index is 0.0219. The van der Waals surface area contributed by atoms with E-state index in [1.807, 2.05) is 13.0 Å². The summed E-state index contributed by atoms with van der Waals surface area (Å²) in [6.07, 6.45) is 0. The zero-order chi connectivity index (χ0) is 22.1. The van der Waals surface area contributed by atoms with Crippen molar-refractivity contribution < 1.29 is 19.5 Å². The Balaban J connectivity index is 1.47. The molecule has 0 unspecified atom stereocenters. The number of fused-ring (bicyclic) bond motifs is 1. The number of rotatable bonds is 6. The van der Waals surface area contributed by atoms with Gasteiger partial charge in [0.25, 0.3) is 11.8 Å². The first-order chi connectivity index (χ1) is 14.9. The highest BCUT2D eigenvalue weighted by Crippen LogP contribution is 2.41. The zero-order valence-corrected chi connectivity index (χ0v) is 18.5. The average molecular weight is 474 g/mol. The van der Waals surface area contributed by atoms with Gasteiger partial charge < -0.3 is 10.4 Å². The number of benzene rings is 1. The van der Waals surface area contributed by atoms with E-state index >= 15 is 0 Å². The summed E-state index contributed by atoms with van der Waals surface area (Å²) in [4.78, 5) is 38.4. The second kappa shape index (κ2) is 8.70. The van der Waals surface area contributed by atoms with Crippen molar-refractivity contribution in [1.29, 1.82) is 5.26 Å². The molecule has 4 rings (SSSR count). The van der Waals surface area contributed by atoms with E-state index in [-0.39, 0.29) is 5.70 Å². The van der Waals surface area contributed by atoms with Crippen molar-refractivity contribution in [2.75, 3.05) is 11.5 Å². The van der Waals surface area contributed by atoms with E-state index in [2.05, 4.69) is 15.5 Å². The summed E-state index contributed by atoms with van der Waals surface area (Å²) in [5.74, 6) is -1.24. The van der Waals surface area contributed by atoms with Crippen LogP contribution >= 0.6 is 34.9 Å². The quantitative estimate of drug-likeness (QED) is 0.476. The number of aromatic nitrogens is 2. The van der Waals surface area contributed by atoms with Gasteiger partial charge in [-0.1, -0.05) is 23.1 Å². The number of hydrogen-bond acceptors (Lipinski definition) is 9. The zero-order valence-electron chi connectivity index (χ0n) is 16.1. The van der Waals surface area contributed by atoms with Crippen LogP contribution in [-0.2, 0) is 9.59 Å². The van der Waals surface area contributed by atoms with Crippen LogP contribution in [0.1, 0.15) is 20.9 Å². The van der Waals surface area contributed by atoms with Crippen molar-refractivity contribution in [3.63, 3.8) is 0 Å². The fourth-order valence-corrected chi connectivity index (χ4v) is 6.50. The van der Waals surface area contributed by atoms with Gasteiger partial charge in [0, 0.05) is 17.1 Å². The molecule has 1 aromatic carbocycles. The third kappa shape index (κ3) is 4.16. The Morgan fingerprint density at radius 2 is 2.10 bits per heavy atom. The fraction of sp³-hybridized carbons (Fsp3) is 0.263. The van der Waals surface area contributed by atoms with Crippen molar-refractivity contribution >= 4 is 52.6 Å². The van der Waals surface area contributed by atoms with E-state index in [4.69, 9.17) is 5.26 Å². The number of aliphatic carboxylic acids is 1. The summed E-state index contributed by atoms with van der Waals surface area (Å²) >= 11 is 4.23. The number of carboxylic acid groups (broad SMARTS) is 1. The van der Waals surface area contributed by atoms with Gasteiger partial charge in [0.05, 0.1) is 11.6 Å². The minimum atomic E-state index is -1.17. The largest absolute Gasteiger partial charge is 0.477 e. The minimum Gasteiger partial charge on any atom is -0.477 e. The molecule has 12 heteroatoms. The lowest BCUT2D eigenvalue weighted by molar-refractivity contribution is -0.148. The van der Waals surface area contributed by atoms with E-state index < -0.39 is 29.2 Å². The van der Waals surface area contributed by atoms with E-state index in [1.54, 1.807) is 0 Å². The van der Waals surface area contributed by atoms with Crippen LogP contribution in [0.2, 0.25) is 0 Å². The Bertz CT molecular complexity index is 1140. The van der Waals surface area contributed by atoms with Crippen LogP contribution in [0.5, 0.6) is 0 Å². The number of thioether (sulfide) groups is 2. The third-order valence-electron chi connectivity index (χ3n) is 4.69. The number of amides is 2. The van der Waals surface area contributed by atoms with Crippen LogP contribution < -0.4 is 5.32 Å². The molecule has 2 aromatic rings. The van der Waals surface area contributed by atoms with Crippen molar-refractivity contribution in [1.82, 2.24) is 20.4 Å². The van der Waals surface area contributed by atoms with Gasteiger partial charge in [-0.3, -0.25) is 14.5 Å². The van der Waals surface area contributed by atoms with E-state index in [0.717, 1.165) is 9.35 Å². The van der Waals surface area contributed by atoms with Crippen molar-refractivity contribution in [3.05, 3.63) is 51.7 Å². The summed E-state index contributed by atoms with van der Waals surface area (Å²) in [6.45, 7) is 1.84. The predicted molar refractivity (Wildman–Crippen MR) is 116 cm³/mol. The summed E-state index contributed by atoms with van der Waals surface area (Å²) in [5, 5.41) is 29.6. The molecule has 31 heavy (non-hydrogen) atoms. The maximum atomic E-state index is 12.7. The van der Waals surface area contributed by atoms with Gasteiger partial charge in [0.1, 0.15) is 22.1 Å². The Hall–Kier alpha value is -2.88. The third-order valence-corrected chi connectivity index (χ3v) is 8.09. The monoisotopic (exact) mass is 473 g/mol. The average Bonchev–Trinajstić information content (AvgIpc) is 3.20. The number of β-lactam (4-membered cyclic amide) rings is 1. The van der Waals surface area contributed by atoms with Gasteiger partial charge >= 0.3 is 5.97 Å². The molecule has 0 aliphatic carbocycles. The standard InChI is InChI=1S/C19H15N5O4S3/c1-9-22-23-19(31-9)30-8-12-7-29-17-13(16(26)24(17)14(12)18(27)28)21-15(25)11-4-2-10(6-20)3-5-11/h2-5,13,17H,7-8H2,1H3,(H,21,25)(H,27,28)/t13-,17-/m0/s1. The summed E-state index contributed by atoms with van der Waals surface area (Å²) < 4.78 is 0.740. The normalized spacial score (nSPS) is 20.0. The molecule has 2 N–H and O–H groups in total. The van der Waals surface area contributed by atoms with Gasteiger partial charge in [-0.05, 0) is 36.8 Å². The second-order valence-electron chi connectivity index (χ2n) is 6.68. The SMILES string of the molecule is Cc1nnc(SCC2=C(C(=O)O)N3C(=O)[C@H](NC(=O)c4ccc(C#N)cc4)[C@@H]3SC2)s1. The molecule has 2 atom stereocenters. The number of carbonyl (C=O) groups excluding carboxylic acids is 2. The molecule has 0 bridgehead atoms. The number of carboxylic acids is 1. The molecule has 0 radical (unpaired) electrons. The van der Waals surface area contributed by atoms with Gasteiger partial charge in [-0.25, -0.2) is 4.79 Å². The molecule has 1 aromatic heterocycles. The molecule has 2 aliphatic rings. The Kier molecular flexibility index (Phi) is 5.99. The van der Waals surface area contributed by atoms with E-state index in [9.17, 15) is 19.5 Å². The van der Waals surface area contributed by atoms with Crippen LogP contribution in [0, 0.1) is 18.3 Å². The van der Waals surface area contributed by atoms with Gasteiger partial charge in [-0.15, -0.1) is 22.0 Å². The van der Waals surface area contributed by atoms with Crippen LogP contribution in [-0.4, -0.2) is 60.9 Å². The second-order valence-corrected chi connectivity index (χ2v) is 10.2. The molecule has 1 saturated heterocycles. The van der Waals surface area contributed by atoms with E-state index in [1.165, 1.54) is 64.0 Å². The number of nitriles is 1. The van der Waals surface area contributed by atoms with Gasteiger partial charge in [0.2, 0.25) is 0 Å². The summed E-state index contributed by atoms with van der Waals surface area (Å²) in [6, 6.07) is 7.24. The Morgan fingerprint density at radius 3 is 2.71 bits per heavy atom. The number of aryl methyl sites for hydroxylation is 1. The first-order valence-electron chi connectivity index (χ1n) is 9.03. The van der Waals surface area contributed by atoms with Crippen molar-refractivity contribution in [3.8, 4) is 6.07 Å². The van der Waals surface area contributed by atoms with Crippen LogP contribution in [0.25, 0.3) is 0 Å². The lowest BCUT2D eigenvalue weighted by Crippen LogP contribution is -2.70. The summed E-state index contributed by atoms with van der Waals surface area (Å²) in [7, 11) is 0. The van der Waals surface area contributed by atoms with Gasteiger partial charge in [0.15, 0.2) is 4.34 Å². The number of carbonyl (C=O) groups is 3. The number of nitrogens with zero attached hydrogens (tertiary/aromatic N) is 4. The number of nitrogens with one attached hydrogen (secondary N) is 1. The fourth-order valence-electron chi connectivity index (χ4n) is 3.20. The molecular formula is C19H15N5O4S3. The summed E-state index contributed by atoms with van der Waals surface area (Å²) in [5.41, 5.74) is 1.36. The molecule has 1 fully saturated rings. The lowest BCUT2D eigenvalue weighted by atomic mass is 10.0. The molecule has 2 amide bonds. The first kappa shape index (κ1) is 21.4. The molecule has 158 valence electrons. The maximum Gasteiger partial charge on any atom is 0.352 e. The molecule has 9 nitrogen and oxygen atoms in total. The van der Waals surface area contributed by atoms with Gasteiger partial charge in [-0.2, -0.15) is 5.26 Å². The van der Waals surface area contributed by atoms with Crippen molar-refractivity contribution in [2.45, 2.75) is 22.7 Å². The molecule has 0 spiro atoms. The smallest absolute Gasteiger partial charge is 0.352 e. The number of hydrogen-bond donors (Lipinski definition) is 2. The van der Waals surface area contributed by atoms with E-state index in [0.29, 0.717) is 28.2 Å². The predicted octanol–water partition coefficient (Wildman–Crippen LogP) is 1.86. The topological polar surface area (TPSA) is 136 Å². The highest BCUT2D eigenvalue weighted by molar-refractivity contribution is 8.01. The molecular weight excluding hydrogens is 458 g/mol. The maximum absolute atomic E-state index is 12.7. The molecule has 2 aliphatic heterocycles. The highest BCUT2D eigenvalue weighted by atomic mass is 32.2. The van der Waals surface area contributed by atoms with Crippen LogP contribution in [0.3, 0.4) is 0 Å². The Labute approximate surface area is 189 Å².